The van der Waals surface area contributed by atoms with Crippen LogP contribution < -0.4 is 5.32 Å². The van der Waals surface area contributed by atoms with Crippen LogP contribution in [0.1, 0.15) is 5.56 Å². The summed E-state index contributed by atoms with van der Waals surface area (Å²) >= 11 is 5.86. The first-order valence-electron chi connectivity index (χ1n) is 5.72. The second-order valence-corrected chi connectivity index (χ2v) is 6.50. The highest BCUT2D eigenvalue weighted by Crippen LogP contribution is 2.23. The van der Waals surface area contributed by atoms with Gasteiger partial charge in [0, 0.05) is 23.5 Å². The number of anilines is 2. The predicted molar refractivity (Wildman–Crippen MR) is 78.8 cm³/mol. The van der Waals surface area contributed by atoms with Gasteiger partial charge in [-0.05, 0) is 35.9 Å². The van der Waals surface area contributed by atoms with Crippen LogP contribution in [0.4, 0.5) is 11.4 Å². The number of halogens is 1. The molecule has 19 heavy (non-hydrogen) atoms. The van der Waals surface area contributed by atoms with E-state index in [1.54, 1.807) is 24.3 Å². The Morgan fingerprint density at radius 1 is 1.05 bits per heavy atom. The van der Waals surface area contributed by atoms with Crippen LogP contribution >= 0.6 is 11.6 Å². The molecule has 0 bridgehead atoms. The van der Waals surface area contributed by atoms with Gasteiger partial charge in [0.2, 0.25) is 0 Å². The smallest absolute Gasteiger partial charge is 0.175 e. The fourth-order valence-corrected chi connectivity index (χ4v) is 2.56. The van der Waals surface area contributed by atoms with Crippen LogP contribution in [0.5, 0.6) is 0 Å². The van der Waals surface area contributed by atoms with Crippen LogP contribution in [-0.2, 0) is 15.7 Å². The number of rotatable bonds is 4. The second-order valence-electron chi connectivity index (χ2n) is 4.21. The molecule has 3 nitrogen and oxygen atoms in total. The van der Waals surface area contributed by atoms with Gasteiger partial charge in [0.15, 0.2) is 9.84 Å². The van der Waals surface area contributed by atoms with E-state index in [2.05, 4.69) is 5.32 Å². The summed E-state index contributed by atoms with van der Waals surface area (Å²) in [6.45, 7) is 0. The molecule has 0 aromatic heterocycles. The Hall–Kier alpha value is -1.52. The van der Waals surface area contributed by atoms with Crippen molar-refractivity contribution in [3.05, 3.63) is 54.1 Å². The first-order chi connectivity index (χ1) is 9.00. The Labute approximate surface area is 118 Å². The molecule has 0 saturated carbocycles. The van der Waals surface area contributed by atoms with Crippen LogP contribution in [0.15, 0.2) is 53.4 Å². The van der Waals surface area contributed by atoms with Crippen LogP contribution in [0, 0.1) is 0 Å². The Balaban J connectivity index is 2.25. The van der Waals surface area contributed by atoms with Crippen molar-refractivity contribution in [2.75, 3.05) is 11.6 Å². The molecule has 0 fully saturated rings. The van der Waals surface area contributed by atoms with Crippen molar-refractivity contribution >= 4 is 32.8 Å². The standard InChI is InChI=1S/C14H14ClNO2S/c1-19(17,18)13-8-6-12(7-9-13)16-14-5-3-2-4-11(14)10-15/h2-9,16H,10H2,1H3. The minimum atomic E-state index is -3.15. The first-order valence-corrected chi connectivity index (χ1v) is 8.14. The van der Waals surface area contributed by atoms with Crippen LogP contribution in [-0.4, -0.2) is 14.7 Å². The molecule has 0 atom stereocenters. The maximum absolute atomic E-state index is 11.4. The summed E-state index contributed by atoms with van der Waals surface area (Å²) in [6.07, 6.45) is 1.19. The molecule has 100 valence electrons. The maximum atomic E-state index is 11.4. The molecular weight excluding hydrogens is 282 g/mol. The van der Waals surface area contributed by atoms with Crippen molar-refractivity contribution in [3.63, 3.8) is 0 Å². The number of nitrogens with one attached hydrogen (secondary N) is 1. The lowest BCUT2D eigenvalue weighted by Crippen LogP contribution is -1.98. The lowest BCUT2D eigenvalue weighted by atomic mass is 10.2. The van der Waals surface area contributed by atoms with E-state index in [1.165, 1.54) is 6.26 Å². The fraction of sp³-hybridized carbons (Fsp3) is 0.143. The summed E-state index contributed by atoms with van der Waals surface area (Å²) in [6, 6.07) is 14.4. The summed E-state index contributed by atoms with van der Waals surface area (Å²) < 4.78 is 22.7. The molecule has 0 unspecified atom stereocenters. The zero-order valence-electron chi connectivity index (χ0n) is 10.4. The van der Waals surface area contributed by atoms with E-state index in [0.29, 0.717) is 10.8 Å². The minimum absolute atomic E-state index is 0.309. The molecule has 1 N–H and O–H groups in total. The molecule has 0 radical (unpaired) electrons. The third kappa shape index (κ3) is 3.49. The monoisotopic (exact) mass is 295 g/mol. The molecule has 0 aliphatic heterocycles. The highest BCUT2D eigenvalue weighted by atomic mass is 35.5. The molecule has 5 heteroatoms. The van der Waals surface area contributed by atoms with Crippen LogP contribution in [0.3, 0.4) is 0 Å². The second kappa shape index (κ2) is 5.63. The normalized spacial score (nSPS) is 11.3. The fourth-order valence-electron chi connectivity index (χ4n) is 1.70. The average molecular weight is 296 g/mol. The predicted octanol–water partition coefficient (Wildman–Crippen LogP) is 3.57. The minimum Gasteiger partial charge on any atom is -0.355 e. The van der Waals surface area contributed by atoms with Crippen molar-refractivity contribution in [3.8, 4) is 0 Å². The maximum Gasteiger partial charge on any atom is 0.175 e. The van der Waals surface area contributed by atoms with Crippen LogP contribution in [0.2, 0.25) is 0 Å². The molecule has 2 aromatic carbocycles. The molecule has 0 aliphatic carbocycles. The van der Waals surface area contributed by atoms with Crippen molar-refractivity contribution in [1.82, 2.24) is 0 Å². The van der Waals surface area contributed by atoms with Crippen molar-refractivity contribution in [2.45, 2.75) is 10.8 Å². The molecular formula is C14H14ClNO2S. The zero-order valence-corrected chi connectivity index (χ0v) is 12.0. The van der Waals surface area contributed by atoms with E-state index in [4.69, 9.17) is 11.6 Å². The van der Waals surface area contributed by atoms with Gasteiger partial charge >= 0.3 is 0 Å². The Morgan fingerprint density at radius 2 is 1.68 bits per heavy atom. The summed E-state index contributed by atoms with van der Waals surface area (Å²) in [5.74, 6) is 0.421. The quantitative estimate of drug-likeness (QED) is 0.877. The number of benzene rings is 2. The topological polar surface area (TPSA) is 46.2 Å². The largest absolute Gasteiger partial charge is 0.355 e. The first kappa shape index (κ1) is 13.9. The number of sulfone groups is 1. The van der Waals surface area contributed by atoms with Gasteiger partial charge in [0.1, 0.15) is 0 Å². The van der Waals surface area contributed by atoms with Gasteiger partial charge in [0.05, 0.1) is 4.90 Å². The molecule has 0 aliphatic rings. The Bertz CT molecular complexity index is 666. The van der Waals surface area contributed by atoms with Gasteiger partial charge in [-0.3, -0.25) is 0 Å². The van der Waals surface area contributed by atoms with Crippen LogP contribution in [0.25, 0.3) is 0 Å². The van der Waals surface area contributed by atoms with Gasteiger partial charge in [-0.15, -0.1) is 11.6 Å². The van der Waals surface area contributed by atoms with E-state index in [0.717, 1.165) is 16.9 Å². The number of para-hydroxylation sites is 1. The Kier molecular flexibility index (Phi) is 4.12. The molecule has 0 saturated heterocycles. The van der Waals surface area contributed by atoms with E-state index in [9.17, 15) is 8.42 Å². The third-order valence-electron chi connectivity index (χ3n) is 2.72. The van der Waals surface area contributed by atoms with Gasteiger partial charge in [-0.25, -0.2) is 8.42 Å². The third-order valence-corrected chi connectivity index (χ3v) is 4.14. The van der Waals surface area contributed by atoms with Gasteiger partial charge in [0.25, 0.3) is 0 Å². The summed E-state index contributed by atoms with van der Waals surface area (Å²) in [4.78, 5) is 0.309. The average Bonchev–Trinajstić information content (AvgIpc) is 2.39. The van der Waals surface area contributed by atoms with E-state index in [-0.39, 0.29) is 0 Å². The summed E-state index contributed by atoms with van der Waals surface area (Å²) in [5.41, 5.74) is 2.74. The number of hydrogen-bond donors (Lipinski definition) is 1. The number of alkyl halides is 1. The molecule has 0 amide bonds. The van der Waals surface area contributed by atoms with E-state index in [1.807, 2.05) is 24.3 Å². The molecule has 2 rings (SSSR count). The molecule has 0 heterocycles. The summed E-state index contributed by atoms with van der Waals surface area (Å²) in [5, 5.41) is 3.22. The molecule has 0 spiro atoms. The van der Waals surface area contributed by atoms with Crippen molar-refractivity contribution < 1.29 is 8.42 Å². The lowest BCUT2D eigenvalue weighted by Gasteiger charge is -2.10. The van der Waals surface area contributed by atoms with Gasteiger partial charge in [-0.2, -0.15) is 0 Å². The summed E-state index contributed by atoms with van der Waals surface area (Å²) in [7, 11) is -3.15. The molecule has 2 aromatic rings. The zero-order chi connectivity index (χ0) is 13.9. The van der Waals surface area contributed by atoms with Gasteiger partial charge in [-0.1, -0.05) is 18.2 Å². The van der Waals surface area contributed by atoms with E-state index >= 15 is 0 Å². The van der Waals surface area contributed by atoms with Crippen molar-refractivity contribution in [2.24, 2.45) is 0 Å². The number of hydrogen-bond acceptors (Lipinski definition) is 3. The van der Waals surface area contributed by atoms with Gasteiger partial charge < -0.3 is 5.32 Å². The Morgan fingerprint density at radius 3 is 2.26 bits per heavy atom. The van der Waals surface area contributed by atoms with E-state index < -0.39 is 9.84 Å². The highest BCUT2D eigenvalue weighted by molar-refractivity contribution is 7.90. The SMILES string of the molecule is CS(=O)(=O)c1ccc(Nc2ccccc2CCl)cc1. The lowest BCUT2D eigenvalue weighted by molar-refractivity contribution is 0.602. The van der Waals surface area contributed by atoms with Crippen molar-refractivity contribution in [1.29, 1.82) is 0 Å². The highest BCUT2D eigenvalue weighted by Gasteiger charge is 2.06.